The second-order valence-electron chi connectivity index (χ2n) is 4.43. The molecule has 0 radical (unpaired) electrons. The van der Waals surface area contributed by atoms with Gasteiger partial charge in [0.1, 0.15) is 13.2 Å². The quantitative estimate of drug-likeness (QED) is 0.403. The van der Waals surface area contributed by atoms with Gasteiger partial charge in [0.15, 0.2) is 11.5 Å². The Morgan fingerprint density at radius 3 is 2.45 bits per heavy atom. The third-order valence-corrected chi connectivity index (χ3v) is 5.46. The molecule has 3 rings (SSSR count). The summed E-state index contributed by atoms with van der Waals surface area (Å²) in [6.45, 7) is 1.21. The molecular formula is C15H11Br2IO2. The van der Waals surface area contributed by atoms with Crippen LogP contribution in [0, 0.1) is 3.57 Å². The molecule has 104 valence electrons. The van der Waals surface area contributed by atoms with E-state index in [9.17, 15) is 0 Å². The molecule has 1 unspecified atom stereocenters. The van der Waals surface area contributed by atoms with Crippen molar-refractivity contribution in [1.29, 1.82) is 0 Å². The molecule has 0 saturated carbocycles. The van der Waals surface area contributed by atoms with Gasteiger partial charge in [-0.1, -0.05) is 44.0 Å². The predicted octanol–water partition coefficient (Wildman–Crippen LogP) is 5.31. The monoisotopic (exact) mass is 508 g/mol. The SMILES string of the molecule is Brc1cc2c(cc1C(Br)c1cccc(I)c1)OCCO2. The molecule has 0 N–H and O–H groups in total. The van der Waals surface area contributed by atoms with Gasteiger partial charge in [0.2, 0.25) is 0 Å². The van der Waals surface area contributed by atoms with Gasteiger partial charge in [0, 0.05) is 8.04 Å². The number of ether oxygens (including phenoxy) is 2. The number of halogens is 3. The van der Waals surface area contributed by atoms with Crippen molar-refractivity contribution in [1.82, 2.24) is 0 Å². The highest BCUT2D eigenvalue weighted by Gasteiger charge is 2.20. The minimum atomic E-state index is 0.113. The van der Waals surface area contributed by atoms with Crippen LogP contribution in [0.15, 0.2) is 40.9 Å². The highest BCUT2D eigenvalue weighted by Crippen LogP contribution is 2.42. The summed E-state index contributed by atoms with van der Waals surface area (Å²) in [7, 11) is 0. The van der Waals surface area contributed by atoms with E-state index in [1.807, 2.05) is 12.1 Å². The molecule has 2 aromatic rings. The van der Waals surface area contributed by atoms with E-state index in [0.29, 0.717) is 13.2 Å². The van der Waals surface area contributed by atoms with E-state index >= 15 is 0 Å². The number of hydrogen-bond donors (Lipinski definition) is 0. The molecule has 2 aromatic carbocycles. The summed E-state index contributed by atoms with van der Waals surface area (Å²) in [6, 6.07) is 12.5. The van der Waals surface area contributed by atoms with Crippen LogP contribution in [0.4, 0.5) is 0 Å². The standard InChI is InChI=1S/C15H11Br2IO2/c16-12-8-14-13(19-4-5-20-14)7-11(12)15(17)9-2-1-3-10(18)6-9/h1-3,6-8,15H,4-5H2. The molecule has 1 heterocycles. The maximum absolute atomic E-state index is 5.66. The number of fused-ring (bicyclic) bond motifs is 1. The normalized spacial score (nSPS) is 14.9. The lowest BCUT2D eigenvalue weighted by molar-refractivity contribution is 0.171. The zero-order valence-corrected chi connectivity index (χ0v) is 15.7. The van der Waals surface area contributed by atoms with Gasteiger partial charge >= 0.3 is 0 Å². The first-order valence-corrected chi connectivity index (χ1v) is 8.92. The van der Waals surface area contributed by atoms with Gasteiger partial charge in [0.05, 0.1) is 4.83 Å². The van der Waals surface area contributed by atoms with Gasteiger partial charge < -0.3 is 9.47 Å². The van der Waals surface area contributed by atoms with Gasteiger partial charge in [-0.25, -0.2) is 0 Å². The number of benzene rings is 2. The Morgan fingerprint density at radius 1 is 1.05 bits per heavy atom. The van der Waals surface area contributed by atoms with Crippen LogP contribution in [0.2, 0.25) is 0 Å². The summed E-state index contributed by atoms with van der Waals surface area (Å²) >= 11 is 9.73. The smallest absolute Gasteiger partial charge is 0.162 e. The second-order valence-corrected chi connectivity index (χ2v) is 7.45. The Bertz CT molecular complexity index is 646. The van der Waals surface area contributed by atoms with Gasteiger partial charge in [-0.2, -0.15) is 0 Å². The molecule has 20 heavy (non-hydrogen) atoms. The molecule has 1 aliphatic heterocycles. The fourth-order valence-electron chi connectivity index (χ4n) is 2.12. The molecule has 1 atom stereocenters. The molecule has 0 aliphatic carbocycles. The predicted molar refractivity (Wildman–Crippen MR) is 95.1 cm³/mol. The number of hydrogen-bond acceptors (Lipinski definition) is 2. The van der Waals surface area contributed by atoms with Crippen LogP contribution >= 0.6 is 54.5 Å². The number of alkyl halides is 1. The van der Waals surface area contributed by atoms with Crippen molar-refractivity contribution in [2.45, 2.75) is 4.83 Å². The van der Waals surface area contributed by atoms with Crippen LogP contribution in [0.25, 0.3) is 0 Å². The highest BCUT2D eigenvalue weighted by atomic mass is 127. The molecule has 0 fully saturated rings. The molecule has 0 spiro atoms. The maximum Gasteiger partial charge on any atom is 0.162 e. The molecular weight excluding hydrogens is 499 g/mol. The van der Waals surface area contributed by atoms with Gasteiger partial charge in [-0.05, 0) is 58.0 Å². The van der Waals surface area contributed by atoms with Crippen LogP contribution in [0.1, 0.15) is 16.0 Å². The second kappa shape index (κ2) is 6.23. The average molecular weight is 510 g/mol. The van der Waals surface area contributed by atoms with Crippen molar-refractivity contribution in [2.75, 3.05) is 13.2 Å². The Labute approximate surface area is 148 Å². The molecule has 0 saturated heterocycles. The van der Waals surface area contributed by atoms with E-state index in [2.05, 4.69) is 78.7 Å². The molecule has 5 heteroatoms. The minimum Gasteiger partial charge on any atom is -0.486 e. The lowest BCUT2D eigenvalue weighted by Crippen LogP contribution is -2.15. The van der Waals surface area contributed by atoms with Crippen molar-refractivity contribution >= 4 is 54.5 Å². The summed E-state index contributed by atoms with van der Waals surface area (Å²) in [4.78, 5) is 0.113. The summed E-state index contributed by atoms with van der Waals surface area (Å²) in [6.07, 6.45) is 0. The van der Waals surface area contributed by atoms with E-state index in [4.69, 9.17) is 9.47 Å². The van der Waals surface area contributed by atoms with Crippen molar-refractivity contribution in [3.8, 4) is 11.5 Å². The lowest BCUT2D eigenvalue weighted by atomic mass is 10.0. The van der Waals surface area contributed by atoms with Gasteiger partial charge in [-0.3, -0.25) is 0 Å². The fourth-order valence-corrected chi connectivity index (χ4v) is 4.21. The number of rotatable bonds is 2. The molecule has 0 amide bonds. The average Bonchev–Trinajstić information content (AvgIpc) is 2.46. The van der Waals surface area contributed by atoms with E-state index < -0.39 is 0 Å². The Balaban J connectivity index is 2.01. The van der Waals surface area contributed by atoms with E-state index in [1.165, 1.54) is 9.13 Å². The van der Waals surface area contributed by atoms with E-state index in [1.54, 1.807) is 0 Å². The van der Waals surface area contributed by atoms with Crippen LogP contribution in [0.5, 0.6) is 11.5 Å². The topological polar surface area (TPSA) is 18.5 Å². The highest BCUT2D eigenvalue weighted by molar-refractivity contribution is 14.1. The van der Waals surface area contributed by atoms with E-state index in [-0.39, 0.29) is 4.83 Å². The Morgan fingerprint density at radius 2 is 1.75 bits per heavy atom. The first-order chi connectivity index (χ1) is 9.65. The molecule has 0 bridgehead atoms. The first-order valence-electron chi connectivity index (χ1n) is 6.14. The van der Waals surface area contributed by atoms with E-state index in [0.717, 1.165) is 21.5 Å². The minimum absolute atomic E-state index is 0.113. The summed E-state index contributed by atoms with van der Waals surface area (Å²) in [5.41, 5.74) is 2.35. The first kappa shape index (κ1) is 14.7. The van der Waals surface area contributed by atoms with Crippen LogP contribution in [0.3, 0.4) is 0 Å². The summed E-state index contributed by atoms with van der Waals surface area (Å²) in [5, 5.41) is 0. The maximum atomic E-state index is 5.66. The fraction of sp³-hybridized carbons (Fsp3) is 0.200. The third kappa shape index (κ3) is 2.99. The van der Waals surface area contributed by atoms with Crippen molar-refractivity contribution in [2.24, 2.45) is 0 Å². The molecule has 1 aliphatic rings. The Kier molecular flexibility index (Phi) is 4.57. The van der Waals surface area contributed by atoms with Crippen molar-refractivity contribution in [3.05, 3.63) is 55.6 Å². The molecule has 0 aromatic heterocycles. The van der Waals surface area contributed by atoms with Crippen LogP contribution in [-0.2, 0) is 0 Å². The van der Waals surface area contributed by atoms with Gasteiger partial charge in [0.25, 0.3) is 0 Å². The third-order valence-electron chi connectivity index (χ3n) is 3.08. The van der Waals surface area contributed by atoms with Gasteiger partial charge in [-0.15, -0.1) is 0 Å². The van der Waals surface area contributed by atoms with Crippen LogP contribution in [-0.4, -0.2) is 13.2 Å². The largest absolute Gasteiger partial charge is 0.486 e. The Hall–Kier alpha value is -0.270. The summed E-state index contributed by atoms with van der Waals surface area (Å²) in [5.74, 6) is 1.61. The zero-order valence-electron chi connectivity index (χ0n) is 10.4. The van der Waals surface area contributed by atoms with Crippen LogP contribution < -0.4 is 9.47 Å². The molecule has 2 nitrogen and oxygen atoms in total. The zero-order chi connectivity index (χ0) is 14.1. The lowest BCUT2D eigenvalue weighted by Gasteiger charge is -2.21. The van der Waals surface area contributed by atoms with Crippen molar-refractivity contribution < 1.29 is 9.47 Å². The summed E-state index contributed by atoms with van der Waals surface area (Å²) < 4.78 is 13.5. The van der Waals surface area contributed by atoms with Crippen molar-refractivity contribution in [3.63, 3.8) is 0 Å².